The van der Waals surface area contributed by atoms with E-state index in [0.717, 1.165) is 5.56 Å². The zero-order chi connectivity index (χ0) is 20.0. The van der Waals surface area contributed by atoms with Crippen LogP contribution in [0, 0.1) is 0 Å². The summed E-state index contributed by atoms with van der Waals surface area (Å²) in [5.41, 5.74) is 1.55. The van der Waals surface area contributed by atoms with E-state index in [1.807, 2.05) is 0 Å². The molecule has 8 heteroatoms. The van der Waals surface area contributed by atoms with Gasteiger partial charge in [-0.1, -0.05) is 12.1 Å². The largest absolute Gasteiger partial charge is 0.497 e. The number of carbonyl (C=O) groups is 1. The zero-order valence-electron chi connectivity index (χ0n) is 15.1. The fourth-order valence-electron chi connectivity index (χ4n) is 2.45. The second-order valence-corrected chi connectivity index (χ2v) is 7.66. The summed E-state index contributed by atoms with van der Waals surface area (Å²) in [5.74, 6) is 0.264. The number of nitrogens with one attached hydrogen (secondary N) is 2. The number of ether oxygens (including phenoxy) is 1. The summed E-state index contributed by atoms with van der Waals surface area (Å²) in [6.07, 6.45) is 3.20. The molecule has 0 aliphatic rings. The Hall–Kier alpha value is -3.23. The van der Waals surface area contributed by atoms with Crippen LogP contribution >= 0.6 is 0 Å². The van der Waals surface area contributed by atoms with Gasteiger partial charge in [-0.15, -0.1) is 0 Å². The molecule has 2 N–H and O–H groups in total. The number of aromatic nitrogens is 1. The van der Waals surface area contributed by atoms with E-state index >= 15 is 0 Å². The zero-order valence-corrected chi connectivity index (χ0v) is 15.9. The molecule has 0 aliphatic heterocycles. The molecule has 0 spiro atoms. The first-order valence-corrected chi connectivity index (χ1v) is 9.90. The number of amides is 1. The summed E-state index contributed by atoms with van der Waals surface area (Å²) in [4.78, 5) is 16.4. The van der Waals surface area contributed by atoms with Crippen LogP contribution in [0.5, 0.6) is 5.75 Å². The van der Waals surface area contributed by atoms with E-state index < -0.39 is 15.9 Å². The Kier molecular flexibility index (Phi) is 6.03. The molecule has 0 saturated heterocycles. The van der Waals surface area contributed by atoms with Crippen molar-refractivity contribution in [2.24, 2.45) is 0 Å². The monoisotopic (exact) mass is 397 g/mol. The molecule has 0 saturated carbocycles. The third-order valence-corrected chi connectivity index (χ3v) is 5.34. The molecule has 144 valence electrons. The molecule has 1 heterocycles. The van der Waals surface area contributed by atoms with Crippen LogP contribution in [-0.4, -0.2) is 26.4 Å². The van der Waals surface area contributed by atoms with Gasteiger partial charge < -0.3 is 10.1 Å². The van der Waals surface area contributed by atoms with Crippen molar-refractivity contribution in [2.45, 2.75) is 11.4 Å². The topological polar surface area (TPSA) is 97.4 Å². The van der Waals surface area contributed by atoms with Gasteiger partial charge in [0.25, 0.3) is 5.91 Å². The quantitative estimate of drug-likeness (QED) is 0.639. The first-order chi connectivity index (χ1) is 13.5. The molecule has 0 radical (unpaired) electrons. The van der Waals surface area contributed by atoms with Crippen molar-refractivity contribution < 1.29 is 17.9 Å². The Morgan fingerprint density at radius 3 is 2.54 bits per heavy atom. The summed E-state index contributed by atoms with van der Waals surface area (Å²) >= 11 is 0. The average Bonchev–Trinajstić information content (AvgIpc) is 2.74. The number of hydrogen-bond donors (Lipinski definition) is 2. The smallest absolute Gasteiger partial charge is 0.255 e. The van der Waals surface area contributed by atoms with E-state index in [-0.39, 0.29) is 17.0 Å². The maximum Gasteiger partial charge on any atom is 0.255 e. The molecular weight excluding hydrogens is 378 g/mol. The van der Waals surface area contributed by atoms with Crippen LogP contribution in [0.15, 0.2) is 78.0 Å². The van der Waals surface area contributed by atoms with Crippen molar-refractivity contribution in [3.05, 3.63) is 84.2 Å². The molecule has 28 heavy (non-hydrogen) atoms. The summed E-state index contributed by atoms with van der Waals surface area (Å²) in [6.45, 7) is 0.110. The minimum atomic E-state index is -3.77. The number of carbonyl (C=O) groups excluding carboxylic acids is 1. The van der Waals surface area contributed by atoms with Gasteiger partial charge in [-0.05, 0) is 54.1 Å². The molecule has 0 aliphatic carbocycles. The number of anilines is 1. The van der Waals surface area contributed by atoms with Crippen LogP contribution < -0.4 is 14.8 Å². The van der Waals surface area contributed by atoms with E-state index in [1.54, 1.807) is 62.0 Å². The van der Waals surface area contributed by atoms with Crippen LogP contribution in [0.3, 0.4) is 0 Å². The number of rotatable bonds is 7. The molecule has 1 aromatic heterocycles. The SMILES string of the molecule is COc1ccc(NC(=O)c2cccc(S(=O)(=O)NCc3cccnc3)c2)cc1. The highest BCUT2D eigenvalue weighted by molar-refractivity contribution is 7.89. The van der Waals surface area contributed by atoms with Gasteiger partial charge in [-0.3, -0.25) is 9.78 Å². The summed E-state index contributed by atoms with van der Waals surface area (Å²) < 4.78 is 32.6. The van der Waals surface area contributed by atoms with Gasteiger partial charge in [-0.2, -0.15) is 0 Å². The highest BCUT2D eigenvalue weighted by atomic mass is 32.2. The first kappa shape index (κ1) is 19.5. The lowest BCUT2D eigenvalue weighted by atomic mass is 10.2. The summed E-state index contributed by atoms with van der Waals surface area (Å²) in [5, 5.41) is 2.73. The van der Waals surface area contributed by atoms with Gasteiger partial charge in [0.05, 0.1) is 12.0 Å². The van der Waals surface area contributed by atoms with Crippen molar-refractivity contribution >= 4 is 21.6 Å². The molecule has 2 aromatic carbocycles. The average molecular weight is 397 g/mol. The van der Waals surface area contributed by atoms with Crippen LogP contribution in [0.4, 0.5) is 5.69 Å². The van der Waals surface area contributed by atoms with Crippen molar-refractivity contribution in [3.8, 4) is 5.75 Å². The number of nitrogens with zero attached hydrogens (tertiary/aromatic N) is 1. The number of methoxy groups -OCH3 is 1. The first-order valence-electron chi connectivity index (χ1n) is 8.42. The third kappa shape index (κ3) is 4.93. The van der Waals surface area contributed by atoms with Crippen molar-refractivity contribution in [2.75, 3.05) is 12.4 Å². The Bertz CT molecular complexity index is 1050. The van der Waals surface area contributed by atoms with Crippen molar-refractivity contribution in [1.29, 1.82) is 0 Å². The van der Waals surface area contributed by atoms with Crippen molar-refractivity contribution in [3.63, 3.8) is 0 Å². The van der Waals surface area contributed by atoms with E-state index in [0.29, 0.717) is 11.4 Å². The second kappa shape index (κ2) is 8.64. The molecule has 0 unspecified atom stereocenters. The molecule has 3 rings (SSSR count). The Morgan fingerprint density at radius 1 is 1.07 bits per heavy atom. The number of hydrogen-bond acceptors (Lipinski definition) is 5. The molecule has 0 bridgehead atoms. The lowest BCUT2D eigenvalue weighted by Gasteiger charge is -2.09. The number of sulfonamides is 1. The van der Waals surface area contributed by atoms with Gasteiger partial charge in [0.15, 0.2) is 0 Å². The number of pyridine rings is 1. The van der Waals surface area contributed by atoms with Crippen LogP contribution in [-0.2, 0) is 16.6 Å². The molecule has 7 nitrogen and oxygen atoms in total. The maximum absolute atomic E-state index is 12.5. The lowest BCUT2D eigenvalue weighted by Crippen LogP contribution is -2.23. The highest BCUT2D eigenvalue weighted by Gasteiger charge is 2.16. The van der Waals surface area contributed by atoms with E-state index in [1.165, 1.54) is 18.2 Å². The van der Waals surface area contributed by atoms with Crippen LogP contribution in [0.2, 0.25) is 0 Å². The van der Waals surface area contributed by atoms with Gasteiger partial charge in [0.1, 0.15) is 5.75 Å². The maximum atomic E-state index is 12.5. The number of benzene rings is 2. The second-order valence-electron chi connectivity index (χ2n) is 5.90. The fourth-order valence-corrected chi connectivity index (χ4v) is 3.51. The summed E-state index contributed by atoms with van der Waals surface area (Å²) in [7, 11) is -2.21. The Labute approximate surface area is 163 Å². The molecule has 1 amide bonds. The van der Waals surface area contributed by atoms with E-state index in [2.05, 4.69) is 15.0 Å². The Morgan fingerprint density at radius 2 is 1.86 bits per heavy atom. The molecule has 0 fully saturated rings. The predicted molar refractivity (Wildman–Crippen MR) is 106 cm³/mol. The standard InChI is InChI=1S/C20H19N3O4S/c1-27-18-9-7-17(8-10-18)23-20(24)16-5-2-6-19(12-16)28(25,26)22-14-15-4-3-11-21-13-15/h2-13,22H,14H2,1H3,(H,23,24). The van der Waals surface area contributed by atoms with Gasteiger partial charge in [0, 0.05) is 30.2 Å². The van der Waals surface area contributed by atoms with E-state index in [4.69, 9.17) is 4.74 Å². The van der Waals surface area contributed by atoms with Gasteiger partial charge >= 0.3 is 0 Å². The minimum Gasteiger partial charge on any atom is -0.497 e. The minimum absolute atomic E-state index is 0.0128. The van der Waals surface area contributed by atoms with Gasteiger partial charge in [0.2, 0.25) is 10.0 Å². The molecule has 3 aromatic rings. The lowest BCUT2D eigenvalue weighted by molar-refractivity contribution is 0.102. The third-order valence-electron chi connectivity index (χ3n) is 3.94. The molecule has 0 atom stereocenters. The van der Waals surface area contributed by atoms with Crippen LogP contribution in [0.1, 0.15) is 15.9 Å². The fraction of sp³-hybridized carbons (Fsp3) is 0.100. The van der Waals surface area contributed by atoms with Crippen molar-refractivity contribution in [1.82, 2.24) is 9.71 Å². The normalized spacial score (nSPS) is 11.0. The molecular formula is C20H19N3O4S. The summed E-state index contributed by atoms with van der Waals surface area (Å²) in [6, 6.07) is 16.2. The van der Waals surface area contributed by atoms with Crippen LogP contribution in [0.25, 0.3) is 0 Å². The van der Waals surface area contributed by atoms with Gasteiger partial charge in [-0.25, -0.2) is 13.1 Å². The van der Waals surface area contributed by atoms with E-state index in [9.17, 15) is 13.2 Å². The Balaban J connectivity index is 1.72. The highest BCUT2D eigenvalue weighted by Crippen LogP contribution is 2.17. The predicted octanol–water partition coefficient (Wildman–Crippen LogP) is 2.82.